The lowest BCUT2D eigenvalue weighted by atomic mass is 10.0. The van der Waals surface area contributed by atoms with Crippen molar-refractivity contribution in [2.24, 2.45) is 0 Å². The van der Waals surface area contributed by atoms with Gasteiger partial charge in [0.1, 0.15) is 11.4 Å². The number of aromatic hydroxyl groups is 1. The van der Waals surface area contributed by atoms with Gasteiger partial charge in [-0.3, -0.25) is 5.10 Å². The number of aromatic amines is 1. The molecule has 4 aromatic rings. The van der Waals surface area contributed by atoms with Crippen LogP contribution in [0.25, 0.3) is 33.5 Å². The van der Waals surface area contributed by atoms with Crippen LogP contribution in [0, 0.1) is 0 Å². The van der Waals surface area contributed by atoms with Crippen molar-refractivity contribution >= 4 is 10.8 Å². The Kier molecular flexibility index (Phi) is 2.54. The summed E-state index contributed by atoms with van der Waals surface area (Å²) in [6.45, 7) is 0. The number of H-pyrrole nitrogens is 1. The van der Waals surface area contributed by atoms with E-state index in [1.807, 2.05) is 48.5 Å². The van der Waals surface area contributed by atoms with Gasteiger partial charge in [-0.1, -0.05) is 24.3 Å². The Bertz CT molecular complexity index is 908. The van der Waals surface area contributed by atoms with E-state index in [4.69, 9.17) is 4.42 Å². The summed E-state index contributed by atoms with van der Waals surface area (Å²) >= 11 is 0. The first kappa shape index (κ1) is 11.8. The first-order valence-electron chi connectivity index (χ1n) is 6.63. The van der Waals surface area contributed by atoms with Gasteiger partial charge in [0, 0.05) is 10.9 Å². The molecule has 4 nitrogen and oxygen atoms in total. The van der Waals surface area contributed by atoms with Gasteiger partial charge in [0.25, 0.3) is 0 Å². The predicted octanol–water partition coefficient (Wildman–Crippen LogP) is 4.20. The maximum absolute atomic E-state index is 10.1. The Morgan fingerprint density at radius 3 is 2.76 bits per heavy atom. The fourth-order valence-corrected chi connectivity index (χ4v) is 2.47. The van der Waals surface area contributed by atoms with Gasteiger partial charge >= 0.3 is 0 Å². The Balaban J connectivity index is 1.83. The van der Waals surface area contributed by atoms with Crippen LogP contribution in [0.3, 0.4) is 0 Å². The fourth-order valence-electron chi connectivity index (χ4n) is 2.47. The van der Waals surface area contributed by atoms with Crippen LogP contribution in [-0.2, 0) is 0 Å². The number of phenols is 1. The van der Waals surface area contributed by atoms with Gasteiger partial charge < -0.3 is 9.52 Å². The first-order valence-corrected chi connectivity index (χ1v) is 6.63. The molecule has 0 aliphatic rings. The quantitative estimate of drug-likeness (QED) is 0.577. The number of aromatic nitrogens is 2. The van der Waals surface area contributed by atoms with E-state index in [0.29, 0.717) is 0 Å². The van der Waals surface area contributed by atoms with E-state index in [1.54, 1.807) is 12.3 Å². The minimum absolute atomic E-state index is 0.255. The third-order valence-corrected chi connectivity index (χ3v) is 3.50. The lowest BCUT2D eigenvalue weighted by molar-refractivity contribution is 0.482. The molecule has 102 valence electrons. The molecule has 0 atom stereocenters. The smallest absolute Gasteiger partial charge is 0.151 e. The summed E-state index contributed by atoms with van der Waals surface area (Å²) in [5, 5.41) is 19.2. The second-order valence-corrected chi connectivity index (χ2v) is 4.86. The summed E-state index contributed by atoms with van der Waals surface area (Å²) in [5.41, 5.74) is 2.44. The van der Waals surface area contributed by atoms with Crippen LogP contribution < -0.4 is 0 Å². The average molecular weight is 276 g/mol. The molecule has 0 aliphatic carbocycles. The molecular weight excluding hydrogens is 264 g/mol. The lowest BCUT2D eigenvalue weighted by Crippen LogP contribution is -1.80. The molecule has 0 bridgehead atoms. The van der Waals surface area contributed by atoms with E-state index >= 15 is 0 Å². The second kappa shape index (κ2) is 4.52. The number of nitrogens with one attached hydrogen (secondary N) is 1. The van der Waals surface area contributed by atoms with Crippen molar-refractivity contribution in [3.8, 4) is 28.5 Å². The zero-order chi connectivity index (χ0) is 14.2. The molecule has 2 heterocycles. The van der Waals surface area contributed by atoms with Crippen LogP contribution in [0.2, 0.25) is 0 Å². The molecule has 0 saturated heterocycles. The van der Waals surface area contributed by atoms with Gasteiger partial charge in [-0.2, -0.15) is 5.10 Å². The van der Waals surface area contributed by atoms with E-state index in [1.165, 1.54) is 0 Å². The highest BCUT2D eigenvalue weighted by atomic mass is 16.3. The molecule has 2 aromatic carbocycles. The van der Waals surface area contributed by atoms with Crippen LogP contribution in [0.1, 0.15) is 0 Å². The van der Waals surface area contributed by atoms with E-state index in [9.17, 15) is 5.11 Å². The van der Waals surface area contributed by atoms with E-state index in [2.05, 4.69) is 10.2 Å². The molecule has 4 rings (SSSR count). The molecule has 0 radical (unpaired) electrons. The van der Waals surface area contributed by atoms with Crippen molar-refractivity contribution in [2.45, 2.75) is 0 Å². The van der Waals surface area contributed by atoms with Gasteiger partial charge in [0.05, 0.1) is 12.0 Å². The summed E-state index contributed by atoms with van der Waals surface area (Å²) < 4.78 is 5.34. The van der Waals surface area contributed by atoms with Crippen molar-refractivity contribution in [3.05, 3.63) is 60.9 Å². The molecule has 0 spiro atoms. The Hall–Kier alpha value is -3.01. The zero-order valence-electron chi connectivity index (χ0n) is 11.1. The number of furan rings is 1. The van der Waals surface area contributed by atoms with Crippen LogP contribution in [0.4, 0.5) is 0 Å². The maximum atomic E-state index is 10.1. The SMILES string of the molecule is Oc1cc(-c2cc(-c3ccco3)[nH]n2)cc2ccccc12. The monoisotopic (exact) mass is 276 g/mol. The lowest BCUT2D eigenvalue weighted by Gasteiger charge is -2.03. The normalized spacial score (nSPS) is 11.0. The van der Waals surface area contributed by atoms with Gasteiger partial charge in [-0.05, 0) is 35.7 Å². The van der Waals surface area contributed by atoms with Crippen molar-refractivity contribution in [3.63, 3.8) is 0 Å². The molecule has 21 heavy (non-hydrogen) atoms. The number of rotatable bonds is 2. The average Bonchev–Trinajstić information content (AvgIpc) is 3.18. The molecule has 2 N–H and O–H groups in total. The van der Waals surface area contributed by atoms with E-state index < -0.39 is 0 Å². The van der Waals surface area contributed by atoms with Crippen LogP contribution in [0.15, 0.2) is 65.3 Å². The summed E-state index contributed by atoms with van der Waals surface area (Å²) in [6, 6.07) is 17.1. The standard InChI is InChI=1S/C17H12N2O2/c20-16-9-12(8-11-4-1-2-5-13(11)16)14-10-15(19-18-14)17-6-3-7-21-17/h1-10,20H,(H,18,19). The van der Waals surface area contributed by atoms with Crippen molar-refractivity contribution in [1.29, 1.82) is 0 Å². The highest BCUT2D eigenvalue weighted by Gasteiger charge is 2.10. The highest BCUT2D eigenvalue weighted by Crippen LogP contribution is 2.32. The highest BCUT2D eigenvalue weighted by molar-refractivity contribution is 5.92. The third-order valence-electron chi connectivity index (χ3n) is 3.50. The van der Waals surface area contributed by atoms with Crippen LogP contribution in [0.5, 0.6) is 5.75 Å². The summed E-state index contributed by atoms with van der Waals surface area (Å²) in [6.07, 6.45) is 1.62. The topological polar surface area (TPSA) is 62.1 Å². The number of hydrogen-bond donors (Lipinski definition) is 2. The molecule has 0 saturated carbocycles. The molecular formula is C17H12N2O2. The molecule has 0 aliphatic heterocycles. The van der Waals surface area contributed by atoms with Crippen molar-refractivity contribution < 1.29 is 9.52 Å². The van der Waals surface area contributed by atoms with Crippen molar-refractivity contribution in [1.82, 2.24) is 10.2 Å². The summed E-state index contributed by atoms with van der Waals surface area (Å²) in [7, 11) is 0. The number of phenolic OH excluding ortho intramolecular Hbond substituents is 1. The van der Waals surface area contributed by atoms with E-state index in [0.717, 1.165) is 33.5 Å². The Labute approximate surface area is 120 Å². The van der Waals surface area contributed by atoms with Gasteiger partial charge in [-0.15, -0.1) is 0 Å². The van der Waals surface area contributed by atoms with Gasteiger partial charge in [0.2, 0.25) is 0 Å². The Morgan fingerprint density at radius 2 is 1.90 bits per heavy atom. The van der Waals surface area contributed by atoms with Crippen molar-refractivity contribution in [2.75, 3.05) is 0 Å². The summed E-state index contributed by atoms with van der Waals surface area (Å²) in [5.74, 6) is 0.990. The molecule has 4 heteroatoms. The van der Waals surface area contributed by atoms with Crippen LogP contribution in [-0.4, -0.2) is 15.3 Å². The minimum Gasteiger partial charge on any atom is -0.507 e. The molecule has 0 unspecified atom stereocenters. The zero-order valence-corrected chi connectivity index (χ0v) is 11.1. The number of nitrogens with zero attached hydrogens (tertiary/aromatic N) is 1. The second-order valence-electron chi connectivity index (χ2n) is 4.86. The molecule has 0 amide bonds. The molecule has 0 fully saturated rings. The van der Waals surface area contributed by atoms with Gasteiger partial charge in [-0.25, -0.2) is 0 Å². The summed E-state index contributed by atoms with van der Waals surface area (Å²) in [4.78, 5) is 0. The van der Waals surface area contributed by atoms with E-state index in [-0.39, 0.29) is 5.75 Å². The number of benzene rings is 2. The largest absolute Gasteiger partial charge is 0.507 e. The van der Waals surface area contributed by atoms with Gasteiger partial charge in [0.15, 0.2) is 5.76 Å². The predicted molar refractivity (Wildman–Crippen MR) is 80.9 cm³/mol. The fraction of sp³-hybridized carbons (Fsp3) is 0. The van der Waals surface area contributed by atoms with Crippen LogP contribution >= 0.6 is 0 Å². The Morgan fingerprint density at radius 1 is 1.00 bits per heavy atom. The number of hydrogen-bond acceptors (Lipinski definition) is 3. The number of fused-ring (bicyclic) bond motifs is 1. The third kappa shape index (κ3) is 1.97. The first-order chi connectivity index (χ1) is 10.3. The minimum atomic E-state index is 0.255. The molecule has 2 aromatic heterocycles. The maximum Gasteiger partial charge on any atom is 0.151 e.